The Morgan fingerprint density at radius 1 is 0.850 bits per heavy atom. The molecule has 0 radical (unpaired) electrons. The van der Waals surface area contributed by atoms with Gasteiger partial charge in [-0.15, -0.1) is 9.24 Å². The number of ether oxygens (including phenoxy) is 1. The van der Waals surface area contributed by atoms with Gasteiger partial charge in [0.15, 0.2) is 0 Å². The zero-order chi connectivity index (χ0) is 14.8. The van der Waals surface area contributed by atoms with Crippen LogP contribution in [0.1, 0.15) is 70.4 Å². The molecule has 1 atom stereocenters. The van der Waals surface area contributed by atoms with Crippen molar-refractivity contribution in [2.45, 2.75) is 72.1 Å². The Morgan fingerprint density at radius 2 is 1.35 bits per heavy atom. The smallest absolute Gasteiger partial charge is 0.125 e. The molecule has 1 aromatic rings. The molecule has 0 aliphatic rings. The first-order valence-corrected chi connectivity index (χ1v) is 8.84. The van der Waals surface area contributed by atoms with Crippen LogP contribution in [0.3, 0.4) is 0 Å². The maximum absolute atomic E-state index is 6.15. The minimum atomic E-state index is 0.852. The molecule has 0 N–H and O–H groups in total. The second kappa shape index (κ2) is 10.2. The number of hydrogen-bond donors (Lipinski definition) is 0. The first-order valence-electron chi connectivity index (χ1n) is 8.26. The molecular formula is C18H31OP. The zero-order valence-electron chi connectivity index (χ0n) is 13.5. The van der Waals surface area contributed by atoms with Gasteiger partial charge in [-0.25, -0.2) is 0 Å². The Hall–Kier alpha value is -0.550. The summed E-state index contributed by atoms with van der Waals surface area (Å²) in [5.41, 5.74) is 2.81. The van der Waals surface area contributed by atoms with Crippen molar-refractivity contribution in [3.63, 3.8) is 0 Å². The molecule has 0 bridgehead atoms. The van der Waals surface area contributed by atoms with Crippen molar-refractivity contribution in [2.24, 2.45) is 0 Å². The lowest BCUT2D eigenvalue weighted by Gasteiger charge is -2.17. The van der Waals surface area contributed by atoms with Gasteiger partial charge in [-0.2, -0.15) is 0 Å². The third-order valence-corrected chi connectivity index (χ3v) is 3.94. The molecule has 0 saturated heterocycles. The van der Waals surface area contributed by atoms with Crippen molar-refractivity contribution >= 4 is 14.5 Å². The van der Waals surface area contributed by atoms with Gasteiger partial charge in [0.05, 0.1) is 6.61 Å². The van der Waals surface area contributed by atoms with E-state index in [2.05, 4.69) is 42.1 Å². The molecule has 1 rings (SSSR count). The van der Waals surface area contributed by atoms with E-state index in [9.17, 15) is 0 Å². The highest BCUT2D eigenvalue weighted by Crippen LogP contribution is 2.27. The number of hydrogen-bond acceptors (Lipinski definition) is 1. The molecule has 0 amide bonds. The fraction of sp³-hybridized carbons (Fsp3) is 0.667. The Kier molecular flexibility index (Phi) is 8.94. The van der Waals surface area contributed by atoms with Gasteiger partial charge in [0, 0.05) is 0 Å². The van der Waals surface area contributed by atoms with E-state index in [4.69, 9.17) is 4.74 Å². The molecule has 20 heavy (non-hydrogen) atoms. The summed E-state index contributed by atoms with van der Waals surface area (Å²) in [5, 5.41) is 1.30. The monoisotopic (exact) mass is 294 g/mol. The lowest BCUT2D eigenvalue weighted by molar-refractivity contribution is 0.302. The first kappa shape index (κ1) is 17.5. The summed E-state index contributed by atoms with van der Waals surface area (Å²) in [6.07, 6.45) is 9.56. The quantitative estimate of drug-likeness (QED) is 0.433. The molecule has 0 aromatic heterocycles. The summed E-state index contributed by atoms with van der Waals surface area (Å²) in [7, 11) is 2.85. The molecule has 0 saturated carbocycles. The van der Waals surface area contributed by atoms with Gasteiger partial charge in [0.1, 0.15) is 5.75 Å². The summed E-state index contributed by atoms with van der Waals surface area (Å²) in [6.45, 7) is 7.57. The molecule has 114 valence electrons. The minimum absolute atomic E-state index is 0.852. The number of aryl methyl sites for hydroxylation is 2. The van der Waals surface area contributed by atoms with E-state index >= 15 is 0 Å². The van der Waals surface area contributed by atoms with Gasteiger partial charge >= 0.3 is 0 Å². The third kappa shape index (κ3) is 5.83. The average molecular weight is 294 g/mol. The highest BCUT2D eigenvalue weighted by Gasteiger charge is 2.11. The summed E-state index contributed by atoms with van der Waals surface area (Å²) in [4.78, 5) is 0. The highest BCUT2D eigenvalue weighted by atomic mass is 31.0. The second-order valence-electron chi connectivity index (χ2n) is 5.58. The van der Waals surface area contributed by atoms with Crippen LogP contribution in [0.2, 0.25) is 0 Å². The predicted molar refractivity (Wildman–Crippen MR) is 93.4 cm³/mol. The van der Waals surface area contributed by atoms with Crippen molar-refractivity contribution in [1.82, 2.24) is 0 Å². The molecular weight excluding hydrogens is 263 g/mol. The lowest BCUT2D eigenvalue weighted by Crippen LogP contribution is -2.07. The van der Waals surface area contributed by atoms with Crippen molar-refractivity contribution in [3.05, 3.63) is 23.3 Å². The summed E-state index contributed by atoms with van der Waals surface area (Å²) < 4.78 is 6.15. The van der Waals surface area contributed by atoms with Gasteiger partial charge < -0.3 is 4.74 Å². The summed E-state index contributed by atoms with van der Waals surface area (Å²) >= 11 is 0. The molecule has 0 spiro atoms. The fourth-order valence-corrected chi connectivity index (χ4v) is 2.79. The summed E-state index contributed by atoms with van der Waals surface area (Å²) in [5.74, 6) is 1.19. The maximum Gasteiger partial charge on any atom is 0.125 e. The summed E-state index contributed by atoms with van der Waals surface area (Å²) in [6, 6.07) is 4.58. The van der Waals surface area contributed by atoms with Gasteiger partial charge in [-0.3, -0.25) is 0 Å². The van der Waals surface area contributed by atoms with Gasteiger partial charge in [-0.05, 0) is 60.7 Å². The Balaban J connectivity index is 2.94. The Labute approximate surface area is 127 Å². The van der Waals surface area contributed by atoms with Gasteiger partial charge in [0.25, 0.3) is 0 Å². The van der Waals surface area contributed by atoms with Crippen LogP contribution in [-0.2, 0) is 12.8 Å². The van der Waals surface area contributed by atoms with E-state index < -0.39 is 0 Å². The molecule has 0 aliphatic carbocycles. The van der Waals surface area contributed by atoms with Crippen LogP contribution in [-0.4, -0.2) is 6.61 Å². The van der Waals surface area contributed by atoms with Crippen LogP contribution in [0.25, 0.3) is 0 Å². The largest absolute Gasteiger partial charge is 0.493 e. The van der Waals surface area contributed by atoms with Gasteiger partial charge in [0.2, 0.25) is 0 Å². The fourth-order valence-electron chi connectivity index (χ4n) is 2.39. The van der Waals surface area contributed by atoms with Gasteiger partial charge in [-0.1, -0.05) is 40.0 Å². The highest BCUT2D eigenvalue weighted by molar-refractivity contribution is 7.27. The van der Waals surface area contributed by atoms with E-state index in [1.165, 1.54) is 54.3 Å². The molecule has 1 unspecified atom stereocenters. The number of rotatable bonds is 10. The van der Waals surface area contributed by atoms with Crippen molar-refractivity contribution in [2.75, 3.05) is 6.61 Å². The van der Waals surface area contributed by atoms with E-state index in [0.29, 0.717) is 0 Å². The molecule has 1 nitrogen and oxygen atoms in total. The molecule has 0 heterocycles. The second-order valence-corrected chi connectivity index (χ2v) is 6.24. The third-order valence-electron chi connectivity index (χ3n) is 3.61. The van der Waals surface area contributed by atoms with Crippen molar-refractivity contribution < 1.29 is 4.74 Å². The number of unbranched alkanes of at least 4 members (excludes halogenated alkanes) is 3. The Bertz CT molecular complexity index is 358. The molecule has 1 aromatic carbocycles. The normalized spacial score (nSPS) is 10.8. The van der Waals surface area contributed by atoms with E-state index in [0.717, 1.165) is 25.9 Å². The standard InChI is InChI=1S/C18H31OP/c1-4-7-10-15-13-17(20)14-16(11-8-5-2)18(15)19-12-9-6-3/h13-14H,4-12,20H2,1-3H3. The molecule has 0 fully saturated rings. The van der Waals surface area contributed by atoms with Crippen LogP contribution in [0.15, 0.2) is 12.1 Å². The van der Waals surface area contributed by atoms with Crippen LogP contribution in [0, 0.1) is 0 Å². The van der Waals surface area contributed by atoms with Crippen LogP contribution in [0.5, 0.6) is 5.75 Å². The first-order chi connectivity index (χ1) is 9.72. The van der Waals surface area contributed by atoms with Crippen molar-refractivity contribution in [1.29, 1.82) is 0 Å². The van der Waals surface area contributed by atoms with Crippen LogP contribution >= 0.6 is 9.24 Å². The van der Waals surface area contributed by atoms with E-state index in [1.54, 1.807) is 0 Å². The maximum atomic E-state index is 6.15. The van der Waals surface area contributed by atoms with E-state index in [-0.39, 0.29) is 0 Å². The average Bonchev–Trinajstić information content (AvgIpc) is 2.44. The molecule has 0 aliphatic heterocycles. The molecule has 2 heteroatoms. The van der Waals surface area contributed by atoms with Crippen molar-refractivity contribution in [3.8, 4) is 5.75 Å². The Morgan fingerprint density at radius 3 is 1.80 bits per heavy atom. The van der Waals surface area contributed by atoms with Crippen LogP contribution < -0.4 is 10.0 Å². The minimum Gasteiger partial charge on any atom is -0.493 e. The van der Waals surface area contributed by atoms with Crippen LogP contribution in [0.4, 0.5) is 0 Å². The van der Waals surface area contributed by atoms with E-state index in [1.807, 2.05) is 0 Å². The number of benzene rings is 1. The lowest BCUT2D eigenvalue weighted by atomic mass is 10.00. The predicted octanol–water partition coefficient (Wildman–Crippen LogP) is 5.05. The zero-order valence-corrected chi connectivity index (χ0v) is 14.7. The topological polar surface area (TPSA) is 9.23 Å². The SMILES string of the molecule is CCCCOc1c(CCCC)cc(P)cc1CCCC.